The first-order valence-corrected chi connectivity index (χ1v) is 43.9. The number of nitrogens with two attached hydrogens (primary N) is 4. The number of nitrogens with one attached hydrogen (secondary N) is 10. The Morgan fingerprint density at radius 2 is 0.662 bits per heavy atom. The highest BCUT2D eigenvalue weighted by atomic mass is 16.6. The van der Waals surface area contributed by atoms with E-state index in [9.17, 15) is 76.7 Å². The van der Waals surface area contributed by atoms with E-state index in [-0.39, 0.29) is 144 Å². The van der Waals surface area contributed by atoms with E-state index in [4.69, 9.17) is 41.9 Å². The van der Waals surface area contributed by atoms with Crippen molar-refractivity contribution in [3.05, 3.63) is 144 Å². The second kappa shape index (κ2) is 60.4. The van der Waals surface area contributed by atoms with E-state index >= 15 is 0 Å². The monoisotopic (exact) mass is 1820 g/mol. The van der Waals surface area contributed by atoms with Crippen molar-refractivity contribution in [2.45, 2.75) is 211 Å². The van der Waals surface area contributed by atoms with Crippen LogP contribution in [0.2, 0.25) is 0 Å². The first-order chi connectivity index (χ1) is 61.5. The molecule has 18 N–H and O–H groups in total. The lowest BCUT2D eigenvalue weighted by molar-refractivity contribution is -0.138. The fourth-order valence-electron chi connectivity index (χ4n) is 12.2. The molecule has 18 amide bonds. The molecule has 0 aliphatic carbocycles. The number of anilines is 4. The molecule has 2 aliphatic rings. The van der Waals surface area contributed by atoms with Crippen LogP contribution < -0.4 is 76.1 Å². The molecule has 0 unspecified atom stereocenters. The predicted molar refractivity (Wildman–Crippen MR) is 493 cm³/mol. The van der Waals surface area contributed by atoms with Crippen LogP contribution in [0.4, 0.5) is 51.5 Å². The van der Waals surface area contributed by atoms with Crippen molar-refractivity contribution in [3.8, 4) is 0 Å². The predicted octanol–water partition coefficient (Wildman–Crippen LogP) is 9.12. The molecule has 6 rings (SSSR count). The van der Waals surface area contributed by atoms with Crippen LogP contribution in [0.15, 0.2) is 121 Å². The van der Waals surface area contributed by atoms with Crippen molar-refractivity contribution in [3.63, 3.8) is 0 Å². The van der Waals surface area contributed by atoms with Gasteiger partial charge in [0.1, 0.15) is 50.6 Å². The van der Waals surface area contributed by atoms with Gasteiger partial charge in [-0.25, -0.2) is 28.8 Å². The summed E-state index contributed by atoms with van der Waals surface area (Å²) in [5.41, 5.74) is 27.0. The number of nitrogen functional groups attached to an aromatic ring is 2. The van der Waals surface area contributed by atoms with Gasteiger partial charge in [-0.3, -0.25) is 57.7 Å². The fourth-order valence-corrected chi connectivity index (χ4v) is 12.2. The number of primary amides is 2. The molecule has 2 aliphatic heterocycles. The van der Waals surface area contributed by atoms with Gasteiger partial charge in [0.15, 0.2) is 0 Å². The third kappa shape index (κ3) is 47.5. The van der Waals surface area contributed by atoms with Gasteiger partial charge in [0.25, 0.3) is 23.6 Å². The number of carbonyl (C=O) groups excluding carboxylic acids is 16. The number of rotatable bonds is 48. The molecule has 0 aromatic heterocycles. The Morgan fingerprint density at radius 1 is 0.362 bits per heavy atom. The number of amides is 18. The zero-order valence-electron chi connectivity index (χ0n) is 77.6. The molecule has 0 saturated carbocycles. The SMILES string of the molecule is CC(C)CN(C)C(=O)OCc1ccc(N)cc1.CC(C)CN(C)C(=O)OCc1ccc(NC(=O)[C@H](CCCNC(N)=O)NC(=O)[C@@H](NC(=O)CCCCCN2C(=O)C=CC2=O)C(C)C)cc1.CC(C)CNC(=O)OCc1ccc(N)cc1.CC(C)CNC(=O)OCc1ccc(NC(=O)[C@H](CCCNC(N)=O)NC(=O)[C@@H](NC(=O)CCCCCN2C(=O)C=CC2=O)C(C)C)cc1. The molecule has 38 heteroatoms. The van der Waals surface area contributed by atoms with E-state index in [0.29, 0.717) is 124 Å². The largest absolute Gasteiger partial charge is 0.445 e. The normalized spacial score (nSPS) is 12.8. The van der Waals surface area contributed by atoms with Crippen molar-refractivity contribution < 1.29 is 95.7 Å². The number of alkyl carbamates (subject to hydrolysis) is 2. The average molecular weight is 1820 g/mol. The zero-order valence-corrected chi connectivity index (χ0v) is 77.6. The summed E-state index contributed by atoms with van der Waals surface area (Å²) in [6, 6.07) is 22.7. The van der Waals surface area contributed by atoms with E-state index in [1.165, 1.54) is 29.2 Å². The highest BCUT2D eigenvalue weighted by Crippen LogP contribution is 2.19. The van der Waals surface area contributed by atoms with Crippen LogP contribution in [0.1, 0.15) is 182 Å². The van der Waals surface area contributed by atoms with Crippen molar-refractivity contribution in [2.24, 2.45) is 47.0 Å². The smallest absolute Gasteiger partial charge is 0.409 e. The van der Waals surface area contributed by atoms with E-state index in [0.717, 1.165) is 26.5 Å². The number of nitrogens with zero attached hydrogens (tertiary/aromatic N) is 4. The summed E-state index contributed by atoms with van der Waals surface area (Å²) < 4.78 is 20.8. The lowest BCUT2D eigenvalue weighted by atomic mass is 10.0. The highest BCUT2D eigenvalue weighted by Gasteiger charge is 2.32. The number of carbonyl (C=O) groups is 16. The number of unbranched alkanes of at least 4 members (excludes halogenated alkanes) is 4. The summed E-state index contributed by atoms with van der Waals surface area (Å²) in [5.74, 6) is -3.28. The number of hydrogen-bond acceptors (Lipinski definition) is 22. The highest BCUT2D eigenvalue weighted by molar-refractivity contribution is 6.13. The average Bonchev–Trinajstić information content (AvgIpc) is 1.64. The van der Waals surface area contributed by atoms with E-state index in [1.807, 2.05) is 65.8 Å². The molecule has 0 spiro atoms. The van der Waals surface area contributed by atoms with Gasteiger partial charge in [-0.15, -0.1) is 0 Å². The number of hydrogen-bond donors (Lipinski definition) is 14. The summed E-state index contributed by atoms with van der Waals surface area (Å²) in [5, 5.41) is 26.8. The molecular weight excluding hydrogens is 1680 g/mol. The lowest BCUT2D eigenvalue weighted by Gasteiger charge is -2.25. The minimum absolute atomic E-state index is 0.0460. The van der Waals surface area contributed by atoms with Crippen molar-refractivity contribution in [1.29, 1.82) is 0 Å². The Hall–Kier alpha value is -13.3. The summed E-state index contributed by atoms with van der Waals surface area (Å²) in [6.45, 7) is 27.2. The third-order valence-corrected chi connectivity index (χ3v) is 19.2. The van der Waals surface area contributed by atoms with Gasteiger partial charge in [0.05, 0.1) is 0 Å². The molecule has 0 radical (unpaired) electrons. The lowest BCUT2D eigenvalue weighted by Crippen LogP contribution is -2.54. The van der Waals surface area contributed by atoms with Crippen molar-refractivity contribution in [2.75, 3.05) is 88.6 Å². The molecule has 4 aromatic carbocycles. The maximum Gasteiger partial charge on any atom is 0.409 e. The molecule has 38 nitrogen and oxygen atoms in total. The molecule has 130 heavy (non-hydrogen) atoms. The van der Waals surface area contributed by atoms with Gasteiger partial charge in [0.2, 0.25) is 35.4 Å². The summed E-state index contributed by atoms with van der Waals surface area (Å²) >= 11 is 0. The second-order valence-corrected chi connectivity index (χ2v) is 33.7. The summed E-state index contributed by atoms with van der Waals surface area (Å²) in [6.07, 6.45) is 7.87. The first kappa shape index (κ1) is 111. The molecule has 4 atom stereocenters. The Bertz CT molecular complexity index is 4320. The molecule has 0 bridgehead atoms. The maximum absolute atomic E-state index is 13.4. The molecule has 0 fully saturated rings. The third-order valence-electron chi connectivity index (χ3n) is 19.2. The number of benzene rings is 4. The number of urea groups is 2. The van der Waals surface area contributed by atoms with Crippen LogP contribution in [-0.2, 0) is 93.3 Å². The summed E-state index contributed by atoms with van der Waals surface area (Å²) in [7, 11) is 3.41. The van der Waals surface area contributed by atoms with Crippen LogP contribution in [0.5, 0.6) is 0 Å². The van der Waals surface area contributed by atoms with Gasteiger partial charge in [-0.05, 0) is 158 Å². The standard InChI is InChI=1S/C34H51N7O8.C33H49N7O8.C13H20N2O2.C12H18N2O2/c1-22(2)20-40(5)34(48)49-21-24-12-14-25(15-13-24)37-31(45)26(10-9-18-36-33(35)47)38-32(46)30(23(3)4)39-27(42)11-7-6-8-19-41-28(43)16-17-29(41)44;1-21(2)19-36-33(47)48-20-23-11-13-24(14-12-23)37-30(44)25(9-8-17-35-32(34)46)38-31(45)29(22(3)4)39-26(41)10-6-5-7-18-40-27(42)15-16-28(40)43;1-10(2)8-15(3)13(16)17-9-11-4-6-12(14)7-5-11;1-9(2)7-14-12(15)16-8-10-3-5-11(13)6-4-10/h12-17,22-23,26,30H,6-11,18-21H2,1-5H3,(H,37,45)(H,38,46)(H,39,42)(H3,35,36,47);11-16,21-22,25,29H,5-10,17-20H2,1-4H3,(H,36,47)(H,37,44)(H,38,45)(H,39,41)(H3,34,35,46);4-7,10H,8-9,14H2,1-3H3;3-6,9H,7-8,13H2,1-2H3,(H,14,15)/t26-,30-;25-,29-;;/m00../s1. The Labute approximate surface area is 762 Å². The van der Waals surface area contributed by atoms with E-state index in [2.05, 4.69) is 67.0 Å². The number of imide groups is 2. The van der Waals surface area contributed by atoms with Crippen LogP contribution in [0, 0.1) is 35.5 Å². The quantitative estimate of drug-likeness (QED) is 0.00847. The molecule has 4 aromatic rings. The van der Waals surface area contributed by atoms with E-state index in [1.54, 1.807) is 119 Å². The maximum atomic E-state index is 13.4. The van der Waals surface area contributed by atoms with Gasteiger partial charge in [-0.2, -0.15) is 0 Å². The van der Waals surface area contributed by atoms with E-state index < -0.39 is 72.0 Å². The minimum atomic E-state index is -0.997. The zero-order chi connectivity index (χ0) is 97.0. The second-order valence-electron chi connectivity index (χ2n) is 33.7. The van der Waals surface area contributed by atoms with Crippen LogP contribution in [0.3, 0.4) is 0 Å². The molecule has 716 valence electrons. The van der Waals surface area contributed by atoms with Gasteiger partial charge in [0, 0.05) is 126 Å². The fraction of sp³-hybridized carbons (Fsp3) is 0.522. The first-order valence-electron chi connectivity index (χ1n) is 43.9. The summed E-state index contributed by atoms with van der Waals surface area (Å²) in [4.78, 5) is 200. The Kier molecular flexibility index (Phi) is 51.5. The van der Waals surface area contributed by atoms with Crippen molar-refractivity contribution >= 4 is 118 Å². The van der Waals surface area contributed by atoms with Crippen LogP contribution in [0.25, 0.3) is 0 Å². The minimum Gasteiger partial charge on any atom is -0.445 e. The topological polar surface area (TPSA) is 547 Å². The van der Waals surface area contributed by atoms with Gasteiger partial charge < -0.3 is 105 Å². The molecule has 2 heterocycles. The van der Waals surface area contributed by atoms with Crippen LogP contribution in [-0.4, -0.2) is 206 Å². The van der Waals surface area contributed by atoms with Crippen LogP contribution >= 0.6 is 0 Å². The Balaban J connectivity index is 0.000000497. The van der Waals surface area contributed by atoms with Gasteiger partial charge >= 0.3 is 36.4 Å². The van der Waals surface area contributed by atoms with Gasteiger partial charge in [-0.1, -0.05) is 144 Å². The molecule has 0 saturated heterocycles. The number of ether oxygens (including phenoxy) is 4. The van der Waals surface area contributed by atoms with Crippen molar-refractivity contribution in [1.82, 2.24) is 62.1 Å². The molecular formula is C92H138N18O20. The Morgan fingerprint density at radius 3 is 0.946 bits per heavy atom.